The van der Waals surface area contributed by atoms with E-state index in [1.165, 1.54) is 0 Å². The zero-order valence-electron chi connectivity index (χ0n) is 11.4. The van der Waals surface area contributed by atoms with Gasteiger partial charge in [0.1, 0.15) is 9.84 Å². The SMILES string of the molecule is CCOC(=O)[C@H]1CCCN(C(=O)CCS(C)(=O)=O)C1. The van der Waals surface area contributed by atoms with E-state index in [0.717, 1.165) is 12.7 Å². The Hall–Kier alpha value is -1.11. The van der Waals surface area contributed by atoms with Gasteiger partial charge < -0.3 is 9.64 Å². The van der Waals surface area contributed by atoms with E-state index >= 15 is 0 Å². The minimum absolute atomic E-state index is 0.0195. The lowest BCUT2D eigenvalue weighted by Crippen LogP contribution is -2.43. The summed E-state index contributed by atoms with van der Waals surface area (Å²) in [6, 6.07) is 0. The van der Waals surface area contributed by atoms with Crippen LogP contribution in [0, 0.1) is 5.92 Å². The van der Waals surface area contributed by atoms with Crippen LogP contribution >= 0.6 is 0 Å². The van der Waals surface area contributed by atoms with E-state index in [4.69, 9.17) is 4.74 Å². The fraction of sp³-hybridized carbons (Fsp3) is 0.833. The van der Waals surface area contributed by atoms with Gasteiger partial charge in [-0.3, -0.25) is 9.59 Å². The van der Waals surface area contributed by atoms with Crippen molar-refractivity contribution in [3.63, 3.8) is 0 Å². The Kier molecular flexibility index (Phi) is 5.78. The summed E-state index contributed by atoms with van der Waals surface area (Å²) < 4.78 is 27.0. The molecule has 0 aromatic heterocycles. The highest BCUT2D eigenvalue weighted by Crippen LogP contribution is 2.18. The summed E-state index contributed by atoms with van der Waals surface area (Å²) in [5.74, 6) is -0.912. The van der Waals surface area contributed by atoms with Crippen molar-refractivity contribution < 1.29 is 22.7 Å². The molecule has 1 amide bonds. The molecule has 0 unspecified atom stereocenters. The molecule has 0 aromatic rings. The Morgan fingerprint density at radius 1 is 1.37 bits per heavy atom. The first-order chi connectivity index (χ1) is 8.83. The number of hydrogen-bond acceptors (Lipinski definition) is 5. The van der Waals surface area contributed by atoms with E-state index in [0.29, 0.717) is 26.1 Å². The van der Waals surface area contributed by atoms with Crippen LogP contribution in [0.4, 0.5) is 0 Å². The molecule has 19 heavy (non-hydrogen) atoms. The summed E-state index contributed by atoms with van der Waals surface area (Å²) in [4.78, 5) is 25.1. The molecular weight excluding hydrogens is 270 g/mol. The first-order valence-electron chi connectivity index (χ1n) is 6.45. The van der Waals surface area contributed by atoms with Gasteiger partial charge in [0.25, 0.3) is 0 Å². The fourth-order valence-electron chi connectivity index (χ4n) is 2.09. The van der Waals surface area contributed by atoms with Gasteiger partial charge in [-0.2, -0.15) is 0 Å². The van der Waals surface area contributed by atoms with Gasteiger partial charge in [-0.05, 0) is 19.8 Å². The van der Waals surface area contributed by atoms with Gasteiger partial charge >= 0.3 is 5.97 Å². The summed E-state index contributed by atoms with van der Waals surface area (Å²) in [5.41, 5.74) is 0. The molecule has 0 aromatic carbocycles. The largest absolute Gasteiger partial charge is 0.466 e. The van der Waals surface area contributed by atoms with Gasteiger partial charge in [0.05, 0.1) is 18.3 Å². The van der Waals surface area contributed by atoms with Crippen LogP contribution in [0.5, 0.6) is 0 Å². The third kappa shape index (κ3) is 5.59. The number of carbonyl (C=O) groups is 2. The minimum Gasteiger partial charge on any atom is -0.466 e. The molecule has 0 bridgehead atoms. The lowest BCUT2D eigenvalue weighted by molar-refractivity contribution is -0.151. The average molecular weight is 291 g/mol. The quantitative estimate of drug-likeness (QED) is 0.677. The lowest BCUT2D eigenvalue weighted by atomic mass is 9.98. The van der Waals surface area contributed by atoms with Gasteiger partial charge in [-0.25, -0.2) is 8.42 Å². The Morgan fingerprint density at radius 2 is 2.05 bits per heavy atom. The number of piperidine rings is 1. The van der Waals surface area contributed by atoms with Crippen molar-refractivity contribution in [2.45, 2.75) is 26.2 Å². The van der Waals surface area contributed by atoms with E-state index in [9.17, 15) is 18.0 Å². The Labute approximate surface area is 114 Å². The van der Waals surface area contributed by atoms with Crippen LogP contribution in [-0.2, 0) is 24.2 Å². The molecule has 1 saturated heterocycles. The Morgan fingerprint density at radius 3 is 2.63 bits per heavy atom. The van der Waals surface area contributed by atoms with E-state index in [-0.39, 0.29) is 30.0 Å². The molecule has 1 aliphatic rings. The molecule has 0 spiro atoms. The molecule has 0 aliphatic carbocycles. The molecule has 1 atom stereocenters. The summed E-state index contributed by atoms with van der Waals surface area (Å²) in [7, 11) is -3.14. The number of amides is 1. The van der Waals surface area contributed by atoms with Crippen molar-refractivity contribution in [3.05, 3.63) is 0 Å². The first kappa shape index (κ1) is 15.9. The molecule has 1 heterocycles. The number of ether oxygens (including phenoxy) is 1. The molecule has 6 nitrogen and oxygen atoms in total. The van der Waals surface area contributed by atoms with Crippen LogP contribution in [0.2, 0.25) is 0 Å². The number of carbonyl (C=O) groups excluding carboxylic acids is 2. The molecule has 1 rings (SSSR count). The number of likely N-dealkylation sites (tertiary alicyclic amines) is 1. The smallest absolute Gasteiger partial charge is 0.310 e. The standard InChI is InChI=1S/C12H21NO5S/c1-3-18-12(15)10-5-4-7-13(9-10)11(14)6-8-19(2,16)17/h10H,3-9H2,1-2H3/t10-/m0/s1. The Balaban J connectivity index is 2.50. The highest BCUT2D eigenvalue weighted by Gasteiger charge is 2.29. The molecule has 1 aliphatic heterocycles. The summed E-state index contributed by atoms with van der Waals surface area (Å²) >= 11 is 0. The van der Waals surface area contributed by atoms with Gasteiger partial charge in [0.2, 0.25) is 5.91 Å². The second-order valence-electron chi connectivity index (χ2n) is 4.81. The van der Waals surface area contributed by atoms with Crippen molar-refractivity contribution in [2.75, 3.05) is 31.7 Å². The van der Waals surface area contributed by atoms with E-state index in [1.54, 1.807) is 11.8 Å². The summed E-state index contributed by atoms with van der Waals surface area (Å²) in [6.45, 7) is 2.99. The molecular formula is C12H21NO5S. The topological polar surface area (TPSA) is 80.8 Å². The zero-order chi connectivity index (χ0) is 14.5. The van der Waals surface area contributed by atoms with Crippen LogP contribution in [-0.4, -0.2) is 56.9 Å². The van der Waals surface area contributed by atoms with Crippen LogP contribution in [0.3, 0.4) is 0 Å². The predicted molar refractivity (Wildman–Crippen MR) is 70.3 cm³/mol. The number of nitrogens with zero attached hydrogens (tertiary/aromatic N) is 1. The third-order valence-electron chi connectivity index (χ3n) is 3.08. The Bertz CT molecular complexity index is 431. The molecule has 0 saturated carbocycles. The van der Waals surface area contributed by atoms with Gasteiger partial charge in [-0.15, -0.1) is 0 Å². The highest BCUT2D eigenvalue weighted by molar-refractivity contribution is 7.90. The number of esters is 1. The minimum atomic E-state index is -3.14. The summed E-state index contributed by atoms with van der Waals surface area (Å²) in [5, 5.41) is 0. The number of sulfone groups is 1. The maximum Gasteiger partial charge on any atom is 0.310 e. The van der Waals surface area contributed by atoms with E-state index in [2.05, 4.69) is 0 Å². The predicted octanol–water partition coefficient (Wildman–Crippen LogP) is 0.223. The van der Waals surface area contributed by atoms with Crippen molar-refractivity contribution in [2.24, 2.45) is 5.92 Å². The number of rotatable bonds is 5. The van der Waals surface area contributed by atoms with E-state index < -0.39 is 9.84 Å². The third-order valence-corrected chi connectivity index (χ3v) is 4.03. The summed E-state index contributed by atoms with van der Waals surface area (Å²) in [6.07, 6.45) is 2.55. The van der Waals surface area contributed by atoms with Crippen molar-refractivity contribution in [3.8, 4) is 0 Å². The van der Waals surface area contributed by atoms with Crippen molar-refractivity contribution >= 4 is 21.7 Å². The zero-order valence-corrected chi connectivity index (χ0v) is 12.2. The lowest BCUT2D eigenvalue weighted by Gasteiger charge is -2.31. The van der Waals surface area contributed by atoms with Crippen LogP contribution in [0.15, 0.2) is 0 Å². The molecule has 7 heteroatoms. The highest BCUT2D eigenvalue weighted by atomic mass is 32.2. The van der Waals surface area contributed by atoms with Crippen molar-refractivity contribution in [1.29, 1.82) is 0 Å². The fourth-order valence-corrected chi connectivity index (χ4v) is 2.63. The normalized spacial score (nSPS) is 20.1. The van der Waals surface area contributed by atoms with Crippen LogP contribution in [0.1, 0.15) is 26.2 Å². The van der Waals surface area contributed by atoms with Crippen molar-refractivity contribution in [1.82, 2.24) is 4.90 Å². The van der Waals surface area contributed by atoms with Crippen LogP contribution < -0.4 is 0 Å². The van der Waals surface area contributed by atoms with Crippen LogP contribution in [0.25, 0.3) is 0 Å². The second kappa shape index (κ2) is 6.88. The molecule has 110 valence electrons. The van der Waals surface area contributed by atoms with E-state index in [1.807, 2.05) is 0 Å². The van der Waals surface area contributed by atoms with Gasteiger partial charge in [-0.1, -0.05) is 0 Å². The van der Waals surface area contributed by atoms with Gasteiger partial charge in [0.15, 0.2) is 0 Å². The maximum absolute atomic E-state index is 11.9. The van der Waals surface area contributed by atoms with Gasteiger partial charge in [0, 0.05) is 25.8 Å². The molecule has 0 N–H and O–H groups in total. The second-order valence-corrected chi connectivity index (χ2v) is 7.07. The molecule has 1 fully saturated rings. The number of hydrogen-bond donors (Lipinski definition) is 0. The average Bonchev–Trinajstić information content (AvgIpc) is 2.35. The maximum atomic E-state index is 11.9. The first-order valence-corrected chi connectivity index (χ1v) is 8.51. The molecule has 0 radical (unpaired) electrons. The monoisotopic (exact) mass is 291 g/mol.